The Bertz CT molecular complexity index is 961. The molecule has 1 aliphatic heterocycles. The summed E-state index contributed by atoms with van der Waals surface area (Å²) >= 11 is 0. The Morgan fingerprint density at radius 1 is 1.12 bits per heavy atom. The fourth-order valence-electron chi connectivity index (χ4n) is 2.72. The van der Waals surface area contributed by atoms with Gasteiger partial charge in [-0.15, -0.1) is 0 Å². The molecule has 0 unspecified atom stereocenters. The van der Waals surface area contributed by atoms with Crippen LogP contribution < -0.4 is 14.8 Å². The second-order valence-corrected chi connectivity index (χ2v) is 5.55. The zero-order valence-electron chi connectivity index (χ0n) is 13.1. The molecule has 2 aromatic carbocycles. The Morgan fingerprint density at radius 3 is 2.88 bits per heavy atom. The number of rotatable bonds is 5. The lowest BCUT2D eigenvalue weighted by Crippen LogP contribution is -2.07. The number of hydrogen-bond acceptors (Lipinski definition) is 7. The molecule has 0 saturated heterocycles. The van der Waals surface area contributed by atoms with Crippen LogP contribution in [0.5, 0.6) is 11.5 Å². The molecule has 25 heavy (non-hydrogen) atoms. The molecule has 0 saturated carbocycles. The van der Waals surface area contributed by atoms with Crippen LogP contribution in [0.2, 0.25) is 0 Å². The number of ether oxygens (including phenoxy) is 2. The van der Waals surface area contributed by atoms with Crippen LogP contribution in [0.1, 0.15) is 5.56 Å². The highest BCUT2D eigenvalue weighted by Crippen LogP contribution is 2.32. The maximum Gasteiger partial charge on any atom is 0.270 e. The van der Waals surface area contributed by atoms with Crippen LogP contribution in [0.25, 0.3) is 10.9 Å². The van der Waals surface area contributed by atoms with Crippen LogP contribution in [0.15, 0.2) is 42.7 Å². The van der Waals surface area contributed by atoms with E-state index in [0.29, 0.717) is 23.3 Å². The van der Waals surface area contributed by atoms with Crippen molar-refractivity contribution >= 4 is 22.4 Å². The Labute approximate surface area is 142 Å². The molecule has 0 atom stereocenters. The first-order valence-corrected chi connectivity index (χ1v) is 7.72. The lowest BCUT2D eigenvalue weighted by atomic mass is 10.1. The van der Waals surface area contributed by atoms with E-state index in [1.54, 1.807) is 6.07 Å². The van der Waals surface area contributed by atoms with Gasteiger partial charge in [-0.05, 0) is 30.2 Å². The van der Waals surface area contributed by atoms with E-state index < -0.39 is 4.92 Å². The molecule has 8 heteroatoms. The highest BCUT2D eigenvalue weighted by atomic mass is 16.7. The van der Waals surface area contributed by atoms with Crippen LogP contribution in [-0.4, -0.2) is 28.2 Å². The van der Waals surface area contributed by atoms with E-state index in [9.17, 15) is 10.1 Å². The van der Waals surface area contributed by atoms with E-state index >= 15 is 0 Å². The highest BCUT2D eigenvalue weighted by Gasteiger charge is 2.13. The minimum Gasteiger partial charge on any atom is -0.454 e. The molecule has 0 bridgehead atoms. The van der Waals surface area contributed by atoms with Crippen molar-refractivity contribution in [1.82, 2.24) is 9.97 Å². The number of anilines is 1. The van der Waals surface area contributed by atoms with Gasteiger partial charge >= 0.3 is 0 Å². The van der Waals surface area contributed by atoms with Crippen molar-refractivity contribution in [2.45, 2.75) is 6.42 Å². The number of nitrogens with zero attached hydrogens (tertiary/aromatic N) is 3. The second kappa shape index (κ2) is 6.23. The van der Waals surface area contributed by atoms with Crippen molar-refractivity contribution in [2.24, 2.45) is 0 Å². The van der Waals surface area contributed by atoms with Gasteiger partial charge in [0.25, 0.3) is 5.69 Å². The molecular formula is C17H14N4O4. The van der Waals surface area contributed by atoms with E-state index in [1.165, 1.54) is 18.5 Å². The normalized spacial score (nSPS) is 12.3. The van der Waals surface area contributed by atoms with Gasteiger partial charge in [0, 0.05) is 24.1 Å². The quantitative estimate of drug-likeness (QED) is 0.564. The number of nitro groups is 1. The molecule has 0 amide bonds. The van der Waals surface area contributed by atoms with Crippen LogP contribution in [0, 0.1) is 10.1 Å². The summed E-state index contributed by atoms with van der Waals surface area (Å²) in [6.45, 7) is 0.872. The van der Waals surface area contributed by atoms with Crippen LogP contribution >= 0.6 is 0 Å². The SMILES string of the molecule is O=[N+]([O-])c1ccc2ncnc(NCCc3ccc4c(c3)OCO4)c2c1. The summed E-state index contributed by atoms with van der Waals surface area (Å²) in [6, 6.07) is 10.4. The van der Waals surface area contributed by atoms with Crippen molar-refractivity contribution in [1.29, 1.82) is 0 Å². The lowest BCUT2D eigenvalue weighted by molar-refractivity contribution is -0.384. The van der Waals surface area contributed by atoms with Crippen molar-refractivity contribution in [3.63, 3.8) is 0 Å². The molecule has 0 aliphatic carbocycles. The predicted octanol–water partition coefficient (Wildman–Crippen LogP) is 2.92. The Hall–Kier alpha value is -3.42. The molecule has 8 nitrogen and oxygen atoms in total. The van der Waals surface area contributed by atoms with Gasteiger partial charge in [-0.2, -0.15) is 0 Å². The van der Waals surface area contributed by atoms with Gasteiger partial charge in [0.1, 0.15) is 12.1 Å². The highest BCUT2D eigenvalue weighted by molar-refractivity contribution is 5.90. The van der Waals surface area contributed by atoms with Gasteiger partial charge < -0.3 is 14.8 Å². The predicted molar refractivity (Wildman–Crippen MR) is 91.0 cm³/mol. The molecule has 4 rings (SSSR count). The number of hydrogen-bond donors (Lipinski definition) is 1. The molecule has 0 spiro atoms. The summed E-state index contributed by atoms with van der Waals surface area (Å²) in [7, 11) is 0. The third kappa shape index (κ3) is 3.01. The van der Waals surface area contributed by atoms with E-state index in [-0.39, 0.29) is 12.5 Å². The van der Waals surface area contributed by atoms with Crippen molar-refractivity contribution < 1.29 is 14.4 Å². The molecule has 126 valence electrons. The number of aromatic nitrogens is 2. The van der Waals surface area contributed by atoms with Crippen molar-refractivity contribution in [3.8, 4) is 11.5 Å². The molecule has 0 fully saturated rings. The summed E-state index contributed by atoms with van der Waals surface area (Å²) in [6.07, 6.45) is 2.19. The summed E-state index contributed by atoms with van der Waals surface area (Å²) in [5, 5.41) is 14.8. The third-order valence-corrected chi connectivity index (χ3v) is 3.97. The lowest BCUT2D eigenvalue weighted by Gasteiger charge is -2.08. The van der Waals surface area contributed by atoms with Gasteiger partial charge in [0.15, 0.2) is 11.5 Å². The maximum atomic E-state index is 11.0. The number of non-ortho nitro benzene ring substituents is 1. The number of nitro benzene ring substituents is 1. The summed E-state index contributed by atoms with van der Waals surface area (Å²) in [5.41, 5.74) is 1.77. The standard InChI is InChI=1S/C17H14N4O4/c22-21(23)12-2-3-14-13(8-12)17(20-9-19-14)18-6-5-11-1-4-15-16(7-11)25-10-24-15/h1-4,7-9H,5-6,10H2,(H,18,19,20). The van der Waals surface area contributed by atoms with E-state index in [1.807, 2.05) is 18.2 Å². The van der Waals surface area contributed by atoms with Gasteiger partial charge in [-0.1, -0.05) is 6.07 Å². The van der Waals surface area contributed by atoms with Gasteiger partial charge in [0.05, 0.1) is 10.4 Å². The average Bonchev–Trinajstić information content (AvgIpc) is 3.09. The number of fused-ring (bicyclic) bond motifs is 2. The number of benzene rings is 2. The van der Waals surface area contributed by atoms with Gasteiger partial charge in [0.2, 0.25) is 6.79 Å². The van der Waals surface area contributed by atoms with Crippen molar-refractivity contribution in [3.05, 3.63) is 58.4 Å². The zero-order chi connectivity index (χ0) is 17.2. The molecule has 1 aliphatic rings. The zero-order valence-corrected chi connectivity index (χ0v) is 13.1. The second-order valence-electron chi connectivity index (χ2n) is 5.55. The molecule has 2 heterocycles. The smallest absolute Gasteiger partial charge is 0.270 e. The minimum atomic E-state index is -0.428. The monoisotopic (exact) mass is 338 g/mol. The first-order chi connectivity index (χ1) is 12.2. The topological polar surface area (TPSA) is 99.4 Å². The largest absolute Gasteiger partial charge is 0.454 e. The summed E-state index contributed by atoms with van der Waals surface area (Å²) < 4.78 is 10.7. The van der Waals surface area contributed by atoms with Crippen molar-refractivity contribution in [2.75, 3.05) is 18.7 Å². The fourth-order valence-corrected chi connectivity index (χ4v) is 2.72. The Kier molecular flexibility index (Phi) is 3.77. The summed E-state index contributed by atoms with van der Waals surface area (Å²) in [4.78, 5) is 18.9. The van der Waals surface area contributed by atoms with Crippen LogP contribution in [0.4, 0.5) is 11.5 Å². The van der Waals surface area contributed by atoms with Crippen LogP contribution in [-0.2, 0) is 6.42 Å². The van der Waals surface area contributed by atoms with E-state index in [2.05, 4.69) is 15.3 Å². The summed E-state index contributed by atoms with van der Waals surface area (Å²) in [5.74, 6) is 2.08. The maximum absolute atomic E-state index is 11.0. The van der Waals surface area contributed by atoms with E-state index in [0.717, 1.165) is 23.5 Å². The Balaban J connectivity index is 1.51. The number of nitrogens with one attached hydrogen (secondary N) is 1. The first kappa shape index (κ1) is 15.1. The van der Waals surface area contributed by atoms with Crippen LogP contribution in [0.3, 0.4) is 0 Å². The molecule has 0 radical (unpaired) electrons. The fraction of sp³-hybridized carbons (Fsp3) is 0.176. The molecule has 1 N–H and O–H groups in total. The molecular weight excluding hydrogens is 324 g/mol. The van der Waals surface area contributed by atoms with Gasteiger partial charge in [-0.3, -0.25) is 10.1 Å². The Morgan fingerprint density at radius 2 is 2.00 bits per heavy atom. The van der Waals surface area contributed by atoms with E-state index in [4.69, 9.17) is 9.47 Å². The van der Waals surface area contributed by atoms with Gasteiger partial charge in [-0.25, -0.2) is 9.97 Å². The minimum absolute atomic E-state index is 0.0149. The first-order valence-electron chi connectivity index (χ1n) is 7.72. The molecule has 1 aromatic heterocycles. The third-order valence-electron chi connectivity index (χ3n) is 3.97. The average molecular weight is 338 g/mol. The molecule has 3 aromatic rings.